The lowest BCUT2D eigenvalue weighted by molar-refractivity contribution is -0.119. The Morgan fingerprint density at radius 3 is 2.71 bits per heavy atom. The zero-order valence-electron chi connectivity index (χ0n) is 15.6. The van der Waals surface area contributed by atoms with E-state index in [0.29, 0.717) is 25.4 Å². The Bertz CT molecular complexity index is 978. The monoisotopic (exact) mass is 400 g/mol. The normalized spacial score (nSPS) is 19.8. The van der Waals surface area contributed by atoms with E-state index in [0.717, 1.165) is 37.2 Å². The minimum atomic E-state index is -3.73. The number of nitrogens with two attached hydrogens (primary N) is 1. The number of hydrogen-bond donors (Lipinski definition) is 1. The number of primary sulfonamides is 1. The SMILES string of the molecule is NS(=O)(=O)c1ccc2c(c1)CCN2C(=O)CN1CC[C@H](Cc2ccncc2)C1. The van der Waals surface area contributed by atoms with Gasteiger partial charge in [-0.15, -0.1) is 0 Å². The third-order valence-corrected chi connectivity index (χ3v) is 6.49. The number of aromatic nitrogens is 1. The molecular formula is C20H24N4O3S. The smallest absolute Gasteiger partial charge is 0.241 e. The average molecular weight is 401 g/mol. The first-order chi connectivity index (χ1) is 13.4. The standard InChI is InChI=1S/C20H24N4O3S/c21-28(26,27)18-1-2-19-17(12-18)6-10-24(19)20(25)14-23-9-5-16(13-23)11-15-3-7-22-8-4-15/h1-4,7-8,12,16H,5-6,9-11,13-14H2,(H2,21,26,27)/t16-/m1/s1. The number of nitrogens with zero attached hydrogens (tertiary/aromatic N) is 3. The maximum Gasteiger partial charge on any atom is 0.241 e. The highest BCUT2D eigenvalue weighted by molar-refractivity contribution is 7.89. The lowest BCUT2D eigenvalue weighted by atomic mass is 10.00. The second-order valence-electron chi connectivity index (χ2n) is 7.58. The van der Waals surface area contributed by atoms with E-state index >= 15 is 0 Å². The van der Waals surface area contributed by atoms with Gasteiger partial charge in [0.25, 0.3) is 0 Å². The van der Waals surface area contributed by atoms with Gasteiger partial charge in [-0.3, -0.25) is 14.7 Å². The van der Waals surface area contributed by atoms with E-state index in [1.54, 1.807) is 17.0 Å². The van der Waals surface area contributed by atoms with E-state index in [4.69, 9.17) is 5.14 Å². The number of sulfonamides is 1. The zero-order chi connectivity index (χ0) is 19.7. The first kappa shape index (κ1) is 19.0. The highest BCUT2D eigenvalue weighted by Gasteiger charge is 2.29. The maximum atomic E-state index is 12.8. The Labute approximate surface area is 165 Å². The molecule has 7 nitrogen and oxygen atoms in total. The van der Waals surface area contributed by atoms with Crippen molar-refractivity contribution in [2.45, 2.75) is 24.2 Å². The molecule has 2 N–H and O–H groups in total. The number of hydrogen-bond acceptors (Lipinski definition) is 5. The van der Waals surface area contributed by atoms with Gasteiger partial charge in [0, 0.05) is 31.2 Å². The quantitative estimate of drug-likeness (QED) is 0.813. The minimum absolute atomic E-state index is 0.0617. The predicted molar refractivity (Wildman–Crippen MR) is 106 cm³/mol. The molecule has 4 rings (SSSR count). The molecule has 1 atom stereocenters. The highest BCUT2D eigenvalue weighted by Crippen LogP contribution is 2.30. The van der Waals surface area contributed by atoms with E-state index in [1.807, 2.05) is 24.5 Å². The fourth-order valence-electron chi connectivity index (χ4n) is 4.17. The fraction of sp³-hybridized carbons (Fsp3) is 0.400. The largest absolute Gasteiger partial charge is 0.311 e. The number of anilines is 1. The van der Waals surface area contributed by atoms with E-state index in [9.17, 15) is 13.2 Å². The molecule has 0 radical (unpaired) electrons. The first-order valence-corrected chi connectivity index (χ1v) is 11.0. The molecule has 2 aromatic rings. The molecule has 1 aromatic heterocycles. The van der Waals surface area contributed by atoms with Crippen molar-refractivity contribution < 1.29 is 13.2 Å². The van der Waals surface area contributed by atoms with Crippen LogP contribution in [0.25, 0.3) is 0 Å². The van der Waals surface area contributed by atoms with Gasteiger partial charge < -0.3 is 4.90 Å². The van der Waals surface area contributed by atoms with Gasteiger partial charge in [-0.1, -0.05) is 0 Å². The summed E-state index contributed by atoms with van der Waals surface area (Å²) >= 11 is 0. The van der Waals surface area contributed by atoms with Crippen LogP contribution in [0.3, 0.4) is 0 Å². The first-order valence-electron chi connectivity index (χ1n) is 9.47. The van der Waals surface area contributed by atoms with Crippen molar-refractivity contribution in [2.75, 3.05) is 31.1 Å². The van der Waals surface area contributed by atoms with Gasteiger partial charge >= 0.3 is 0 Å². The van der Waals surface area contributed by atoms with E-state index < -0.39 is 10.0 Å². The Kier molecular flexibility index (Phi) is 5.18. The van der Waals surface area contributed by atoms with Crippen LogP contribution in [0.1, 0.15) is 17.5 Å². The number of amides is 1. The third kappa shape index (κ3) is 4.09. The lowest BCUT2D eigenvalue weighted by Crippen LogP contribution is -2.38. The van der Waals surface area contributed by atoms with Crippen molar-refractivity contribution in [3.05, 3.63) is 53.9 Å². The van der Waals surface area contributed by atoms with Gasteiger partial charge in [0.1, 0.15) is 0 Å². The van der Waals surface area contributed by atoms with Gasteiger partial charge in [-0.2, -0.15) is 0 Å². The molecule has 2 aliphatic rings. The van der Waals surface area contributed by atoms with Crippen LogP contribution in [-0.2, 0) is 27.7 Å². The summed E-state index contributed by atoms with van der Waals surface area (Å²) < 4.78 is 23.1. The van der Waals surface area contributed by atoms with Crippen LogP contribution in [0.15, 0.2) is 47.6 Å². The van der Waals surface area contributed by atoms with Crippen molar-refractivity contribution in [3.63, 3.8) is 0 Å². The molecule has 3 heterocycles. The van der Waals surface area contributed by atoms with Crippen LogP contribution in [0.5, 0.6) is 0 Å². The Morgan fingerprint density at radius 1 is 1.18 bits per heavy atom. The second-order valence-corrected chi connectivity index (χ2v) is 9.14. The highest BCUT2D eigenvalue weighted by atomic mass is 32.2. The summed E-state index contributed by atoms with van der Waals surface area (Å²) in [5.41, 5.74) is 2.94. The molecule has 1 fully saturated rings. The topological polar surface area (TPSA) is 96.6 Å². The second kappa shape index (κ2) is 7.62. The predicted octanol–water partition coefficient (Wildman–Crippen LogP) is 1.18. The molecule has 2 aliphatic heterocycles. The van der Waals surface area contributed by atoms with Gasteiger partial charge in [0.05, 0.1) is 11.4 Å². The molecule has 0 spiro atoms. The van der Waals surface area contributed by atoms with Crippen LogP contribution in [-0.4, -0.2) is 50.4 Å². The molecule has 148 valence electrons. The molecule has 0 bridgehead atoms. The number of rotatable bonds is 5. The van der Waals surface area contributed by atoms with E-state index in [-0.39, 0.29) is 10.8 Å². The summed E-state index contributed by atoms with van der Waals surface area (Å²) in [5.74, 6) is 0.616. The molecule has 8 heteroatoms. The number of fused-ring (bicyclic) bond motifs is 1. The summed E-state index contributed by atoms with van der Waals surface area (Å²) in [7, 11) is -3.73. The molecule has 1 amide bonds. The third-order valence-electron chi connectivity index (χ3n) is 5.58. The van der Waals surface area contributed by atoms with Crippen LogP contribution in [0.4, 0.5) is 5.69 Å². The number of carbonyl (C=O) groups excluding carboxylic acids is 1. The van der Waals surface area contributed by atoms with Crippen LogP contribution in [0.2, 0.25) is 0 Å². The van der Waals surface area contributed by atoms with Gasteiger partial charge in [0.2, 0.25) is 15.9 Å². The summed E-state index contributed by atoms with van der Waals surface area (Å²) in [6.07, 6.45) is 6.38. The van der Waals surface area contributed by atoms with Crippen molar-refractivity contribution >= 4 is 21.6 Å². The van der Waals surface area contributed by atoms with Crippen LogP contribution >= 0.6 is 0 Å². The summed E-state index contributed by atoms with van der Waals surface area (Å²) in [4.78, 5) is 21.0. The van der Waals surface area contributed by atoms with E-state index in [2.05, 4.69) is 9.88 Å². The summed E-state index contributed by atoms with van der Waals surface area (Å²) in [5, 5.41) is 5.20. The summed E-state index contributed by atoms with van der Waals surface area (Å²) in [6, 6.07) is 8.84. The van der Waals surface area contributed by atoms with Crippen molar-refractivity contribution in [1.82, 2.24) is 9.88 Å². The Balaban J connectivity index is 1.37. The van der Waals surface area contributed by atoms with Crippen LogP contribution < -0.4 is 10.0 Å². The fourth-order valence-corrected chi connectivity index (χ4v) is 4.73. The molecule has 0 unspecified atom stereocenters. The Hall–Kier alpha value is -2.29. The minimum Gasteiger partial charge on any atom is -0.311 e. The van der Waals surface area contributed by atoms with Crippen LogP contribution in [0, 0.1) is 5.92 Å². The molecule has 1 saturated heterocycles. The number of carbonyl (C=O) groups is 1. The zero-order valence-corrected chi connectivity index (χ0v) is 16.4. The molecule has 28 heavy (non-hydrogen) atoms. The molecule has 0 saturated carbocycles. The number of benzene rings is 1. The van der Waals surface area contributed by atoms with Crippen molar-refractivity contribution in [1.29, 1.82) is 0 Å². The molecule has 1 aromatic carbocycles. The lowest BCUT2D eigenvalue weighted by Gasteiger charge is -2.22. The Morgan fingerprint density at radius 2 is 1.96 bits per heavy atom. The van der Waals surface area contributed by atoms with Crippen molar-refractivity contribution in [2.24, 2.45) is 11.1 Å². The van der Waals surface area contributed by atoms with Gasteiger partial charge in [-0.25, -0.2) is 13.6 Å². The van der Waals surface area contributed by atoms with E-state index in [1.165, 1.54) is 11.6 Å². The average Bonchev–Trinajstić information content (AvgIpc) is 3.28. The summed E-state index contributed by atoms with van der Waals surface area (Å²) in [6.45, 7) is 2.81. The molecular weight excluding hydrogens is 376 g/mol. The maximum absolute atomic E-state index is 12.8. The van der Waals surface area contributed by atoms with Crippen molar-refractivity contribution in [3.8, 4) is 0 Å². The molecule has 0 aliphatic carbocycles. The number of pyridine rings is 1. The van der Waals surface area contributed by atoms with Gasteiger partial charge in [-0.05, 0) is 73.2 Å². The number of likely N-dealkylation sites (tertiary alicyclic amines) is 1. The van der Waals surface area contributed by atoms with Gasteiger partial charge in [0.15, 0.2) is 0 Å².